The molecular formula is C10H14BrNO3S. The molecule has 0 aromatic heterocycles. The van der Waals surface area contributed by atoms with Crippen LogP contribution in [-0.4, -0.2) is 26.5 Å². The molecule has 1 aromatic rings. The highest BCUT2D eigenvalue weighted by molar-refractivity contribution is 9.10. The molecule has 0 atom stereocenters. The second-order valence-corrected chi connectivity index (χ2v) is 6.66. The van der Waals surface area contributed by atoms with Crippen LogP contribution in [0.3, 0.4) is 0 Å². The van der Waals surface area contributed by atoms with E-state index in [2.05, 4.69) is 15.9 Å². The van der Waals surface area contributed by atoms with E-state index in [1.807, 2.05) is 0 Å². The van der Waals surface area contributed by atoms with Crippen LogP contribution in [0.5, 0.6) is 5.75 Å². The lowest BCUT2D eigenvalue weighted by atomic mass is 10.3. The third kappa shape index (κ3) is 4.02. The van der Waals surface area contributed by atoms with Gasteiger partial charge in [0.1, 0.15) is 12.4 Å². The molecule has 0 aliphatic rings. The summed E-state index contributed by atoms with van der Waals surface area (Å²) in [6, 6.07) is 5.21. The van der Waals surface area contributed by atoms with E-state index < -0.39 is 9.84 Å². The largest absolute Gasteiger partial charge is 0.490 e. The maximum absolute atomic E-state index is 11.2. The topological polar surface area (TPSA) is 69.4 Å². The first-order valence-electron chi connectivity index (χ1n) is 4.83. The Kier molecular flexibility index (Phi) is 4.61. The van der Waals surface area contributed by atoms with Crippen molar-refractivity contribution in [1.29, 1.82) is 0 Å². The van der Waals surface area contributed by atoms with Crippen LogP contribution >= 0.6 is 15.9 Å². The molecule has 2 N–H and O–H groups in total. The molecular weight excluding hydrogens is 294 g/mol. The molecule has 16 heavy (non-hydrogen) atoms. The number of nitrogen functional groups attached to an aromatic ring is 1. The zero-order valence-corrected chi connectivity index (χ0v) is 11.3. The lowest BCUT2D eigenvalue weighted by Gasteiger charge is -2.08. The molecule has 6 heteroatoms. The molecule has 0 unspecified atom stereocenters. The zero-order chi connectivity index (χ0) is 12.2. The van der Waals surface area contributed by atoms with Crippen molar-refractivity contribution >= 4 is 31.5 Å². The van der Waals surface area contributed by atoms with Gasteiger partial charge in [0.05, 0.1) is 11.4 Å². The minimum Gasteiger partial charge on any atom is -0.490 e. The van der Waals surface area contributed by atoms with Crippen molar-refractivity contribution in [2.24, 2.45) is 0 Å². The number of halogens is 1. The Morgan fingerprint density at radius 2 is 2.12 bits per heavy atom. The second kappa shape index (κ2) is 5.54. The molecule has 0 fully saturated rings. The van der Waals surface area contributed by atoms with Crippen LogP contribution in [0.15, 0.2) is 22.7 Å². The van der Waals surface area contributed by atoms with E-state index in [1.54, 1.807) is 25.1 Å². The fourth-order valence-corrected chi connectivity index (χ4v) is 2.08. The van der Waals surface area contributed by atoms with Gasteiger partial charge in [0.25, 0.3) is 0 Å². The second-order valence-electron chi connectivity index (χ2n) is 3.27. The number of hydrogen-bond acceptors (Lipinski definition) is 4. The van der Waals surface area contributed by atoms with Crippen molar-refractivity contribution in [3.05, 3.63) is 22.7 Å². The summed E-state index contributed by atoms with van der Waals surface area (Å²) >= 11 is 3.28. The van der Waals surface area contributed by atoms with Gasteiger partial charge in [-0.1, -0.05) is 22.9 Å². The number of nitrogens with two attached hydrogens (primary N) is 1. The molecule has 90 valence electrons. The fraction of sp³-hybridized carbons (Fsp3) is 0.400. The predicted octanol–water partition coefficient (Wildman–Crippen LogP) is 1.84. The Bertz CT molecular complexity index is 459. The maximum atomic E-state index is 11.2. The van der Waals surface area contributed by atoms with Crippen molar-refractivity contribution in [1.82, 2.24) is 0 Å². The number of benzene rings is 1. The Morgan fingerprint density at radius 1 is 1.44 bits per heavy atom. The lowest BCUT2D eigenvalue weighted by Crippen LogP contribution is -2.15. The van der Waals surface area contributed by atoms with Gasteiger partial charge < -0.3 is 10.5 Å². The van der Waals surface area contributed by atoms with Crippen LogP contribution in [0, 0.1) is 0 Å². The summed E-state index contributed by atoms with van der Waals surface area (Å²) in [5.74, 6) is 0.653. The number of ether oxygens (including phenoxy) is 1. The Labute approximate surface area is 104 Å². The first kappa shape index (κ1) is 13.3. The third-order valence-corrected chi connectivity index (χ3v) is 4.23. The van der Waals surface area contributed by atoms with E-state index in [1.165, 1.54) is 0 Å². The molecule has 0 spiro atoms. The molecule has 0 aliphatic carbocycles. The van der Waals surface area contributed by atoms with Crippen LogP contribution in [0.4, 0.5) is 5.69 Å². The first-order valence-corrected chi connectivity index (χ1v) is 7.44. The van der Waals surface area contributed by atoms with Gasteiger partial charge in [-0.15, -0.1) is 0 Å². The van der Waals surface area contributed by atoms with Crippen molar-refractivity contribution in [2.75, 3.05) is 23.8 Å². The number of hydrogen-bond donors (Lipinski definition) is 1. The molecule has 0 saturated heterocycles. The standard InChI is InChI=1S/C10H14BrNO3S/c1-2-16(13,14)6-5-15-10-4-3-8(11)7-9(10)12/h3-4,7H,2,5-6,12H2,1H3. The first-order chi connectivity index (χ1) is 7.44. The number of rotatable bonds is 5. The highest BCUT2D eigenvalue weighted by atomic mass is 79.9. The number of anilines is 1. The summed E-state index contributed by atoms with van der Waals surface area (Å²) in [6.45, 7) is 1.74. The summed E-state index contributed by atoms with van der Waals surface area (Å²) in [5, 5.41) is 0. The van der Waals surface area contributed by atoms with Crippen LogP contribution < -0.4 is 10.5 Å². The summed E-state index contributed by atoms with van der Waals surface area (Å²) < 4.78 is 28.6. The van der Waals surface area contributed by atoms with E-state index in [0.29, 0.717) is 11.4 Å². The molecule has 1 aromatic carbocycles. The molecule has 0 bridgehead atoms. The van der Waals surface area contributed by atoms with E-state index in [0.717, 1.165) is 4.47 Å². The quantitative estimate of drug-likeness (QED) is 0.843. The third-order valence-electron chi connectivity index (χ3n) is 2.06. The minimum absolute atomic E-state index is 0.0129. The predicted molar refractivity (Wildman–Crippen MR) is 68.4 cm³/mol. The van der Waals surface area contributed by atoms with Gasteiger partial charge >= 0.3 is 0 Å². The molecule has 0 radical (unpaired) electrons. The van der Waals surface area contributed by atoms with Crippen molar-refractivity contribution < 1.29 is 13.2 Å². The molecule has 1 rings (SSSR count). The van der Waals surface area contributed by atoms with Crippen LogP contribution in [-0.2, 0) is 9.84 Å². The Morgan fingerprint density at radius 3 is 2.69 bits per heavy atom. The van der Waals surface area contributed by atoms with Crippen LogP contribution in [0.1, 0.15) is 6.92 Å². The van der Waals surface area contributed by atoms with E-state index >= 15 is 0 Å². The van der Waals surface area contributed by atoms with E-state index in [-0.39, 0.29) is 18.1 Å². The molecule has 0 amide bonds. The van der Waals surface area contributed by atoms with Gasteiger partial charge in [0.15, 0.2) is 9.84 Å². The van der Waals surface area contributed by atoms with Gasteiger partial charge in [0, 0.05) is 10.2 Å². The average molecular weight is 308 g/mol. The highest BCUT2D eigenvalue weighted by Gasteiger charge is 2.08. The molecule has 0 aliphatic heterocycles. The fourth-order valence-electron chi connectivity index (χ4n) is 1.07. The van der Waals surface area contributed by atoms with Gasteiger partial charge in [0.2, 0.25) is 0 Å². The smallest absolute Gasteiger partial charge is 0.153 e. The van der Waals surface area contributed by atoms with Gasteiger partial charge in [-0.2, -0.15) is 0 Å². The molecule has 0 saturated carbocycles. The van der Waals surface area contributed by atoms with E-state index in [4.69, 9.17) is 10.5 Å². The highest BCUT2D eigenvalue weighted by Crippen LogP contribution is 2.25. The molecule has 0 heterocycles. The normalized spacial score (nSPS) is 11.4. The van der Waals surface area contributed by atoms with Crippen molar-refractivity contribution in [3.63, 3.8) is 0 Å². The summed E-state index contributed by atoms with van der Waals surface area (Å²) in [7, 11) is -2.99. The summed E-state index contributed by atoms with van der Waals surface area (Å²) in [4.78, 5) is 0. The number of sulfone groups is 1. The lowest BCUT2D eigenvalue weighted by molar-refractivity contribution is 0.342. The Hall–Kier alpha value is -0.750. The maximum Gasteiger partial charge on any atom is 0.153 e. The van der Waals surface area contributed by atoms with Crippen molar-refractivity contribution in [3.8, 4) is 5.75 Å². The van der Waals surface area contributed by atoms with Gasteiger partial charge in [-0.3, -0.25) is 0 Å². The van der Waals surface area contributed by atoms with Gasteiger partial charge in [-0.05, 0) is 18.2 Å². The van der Waals surface area contributed by atoms with Crippen LogP contribution in [0.2, 0.25) is 0 Å². The van der Waals surface area contributed by atoms with E-state index in [9.17, 15) is 8.42 Å². The molecule has 4 nitrogen and oxygen atoms in total. The summed E-state index contributed by atoms with van der Waals surface area (Å²) in [6.07, 6.45) is 0. The van der Waals surface area contributed by atoms with Crippen molar-refractivity contribution in [2.45, 2.75) is 6.92 Å². The zero-order valence-electron chi connectivity index (χ0n) is 8.94. The monoisotopic (exact) mass is 307 g/mol. The summed E-state index contributed by atoms with van der Waals surface area (Å²) in [5.41, 5.74) is 6.19. The Balaban J connectivity index is 2.56. The average Bonchev–Trinajstić information content (AvgIpc) is 2.21. The minimum atomic E-state index is -2.99. The van der Waals surface area contributed by atoms with Gasteiger partial charge in [-0.25, -0.2) is 8.42 Å². The SMILES string of the molecule is CCS(=O)(=O)CCOc1ccc(Br)cc1N. The van der Waals surface area contributed by atoms with Crippen LogP contribution in [0.25, 0.3) is 0 Å².